The zero-order valence-electron chi connectivity index (χ0n) is 11.5. The van der Waals surface area contributed by atoms with Crippen LogP contribution in [0.5, 0.6) is 5.75 Å². The van der Waals surface area contributed by atoms with Gasteiger partial charge in [-0.05, 0) is 19.1 Å². The number of rotatable bonds is 2. The van der Waals surface area contributed by atoms with Crippen LogP contribution >= 0.6 is 0 Å². The Bertz CT molecular complexity index is 714. The molecule has 0 amide bonds. The first-order valence-corrected chi connectivity index (χ1v) is 5.97. The average molecular weight is 259 g/mol. The minimum absolute atomic E-state index is 0.0122. The van der Waals surface area contributed by atoms with E-state index in [1.165, 1.54) is 4.57 Å². The molecule has 2 aromatic rings. The van der Waals surface area contributed by atoms with Crippen LogP contribution in [0.25, 0.3) is 10.9 Å². The lowest BCUT2D eigenvalue weighted by Gasteiger charge is -2.13. The van der Waals surface area contributed by atoms with Crippen molar-refractivity contribution in [1.29, 1.82) is 0 Å². The number of benzene rings is 1. The Kier molecular flexibility index (Phi) is 3.29. The van der Waals surface area contributed by atoms with Gasteiger partial charge in [0.05, 0.1) is 11.2 Å². The molecule has 0 aliphatic rings. The lowest BCUT2D eigenvalue weighted by atomic mass is 10.1. The van der Waals surface area contributed by atoms with E-state index in [1.54, 1.807) is 45.2 Å². The molecule has 0 spiro atoms. The predicted molar refractivity (Wildman–Crippen MR) is 76.8 cm³/mol. The smallest absolute Gasteiger partial charge is 0.263 e. The van der Waals surface area contributed by atoms with Gasteiger partial charge in [0.25, 0.3) is 5.56 Å². The number of hydrogen-bond donors (Lipinski definition) is 1. The van der Waals surface area contributed by atoms with Gasteiger partial charge in [0.2, 0.25) is 0 Å². The quantitative estimate of drug-likeness (QED) is 0.657. The second-order valence-electron chi connectivity index (χ2n) is 4.64. The number of para-hydroxylation sites is 1. The van der Waals surface area contributed by atoms with Crippen molar-refractivity contribution in [1.82, 2.24) is 9.58 Å². The maximum Gasteiger partial charge on any atom is 0.263 e. The Morgan fingerprint density at radius 1 is 1.32 bits per heavy atom. The van der Waals surface area contributed by atoms with E-state index in [2.05, 4.69) is 5.10 Å². The van der Waals surface area contributed by atoms with Crippen LogP contribution < -0.4 is 5.56 Å². The van der Waals surface area contributed by atoms with E-state index in [9.17, 15) is 9.90 Å². The summed E-state index contributed by atoms with van der Waals surface area (Å²) in [5.41, 5.74) is 1.19. The summed E-state index contributed by atoms with van der Waals surface area (Å²) < 4.78 is 1.53. The number of hydrazone groups is 1. The largest absolute Gasteiger partial charge is 0.506 e. The fraction of sp³-hybridized carbons (Fsp3) is 0.286. The molecule has 0 aliphatic heterocycles. The second-order valence-corrected chi connectivity index (χ2v) is 4.64. The van der Waals surface area contributed by atoms with Gasteiger partial charge in [-0.2, -0.15) is 5.10 Å². The highest BCUT2D eigenvalue weighted by Crippen LogP contribution is 2.26. The van der Waals surface area contributed by atoms with Gasteiger partial charge in [0, 0.05) is 26.5 Å². The highest BCUT2D eigenvalue weighted by molar-refractivity contribution is 6.05. The van der Waals surface area contributed by atoms with Crippen molar-refractivity contribution < 1.29 is 5.11 Å². The van der Waals surface area contributed by atoms with E-state index >= 15 is 0 Å². The number of nitrogens with zero attached hydrogens (tertiary/aromatic N) is 3. The number of pyridine rings is 1. The molecule has 19 heavy (non-hydrogen) atoms. The van der Waals surface area contributed by atoms with Gasteiger partial charge in [0.15, 0.2) is 0 Å². The van der Waals surface area contributed by atoms with E-state index in [0.29, 0.717) is 16.6 Å². The molecule has 0 atom stereocenters. The van der Waals surface area contributed by atoms with Crippen molar-refractivity contribution in [2.24, 2.45) is 12.1 Å². The number of aromatic nitrogens is 1. The molecule has 1 heterocycles. The van der Waals surface area contributed by atoms with Gasteiger partial charge in [-0.15, -0.1) is 0 Å². The first kappa shape index (κ1) is 13.1. The minimum Gasteiger partial charge on any atom is -0.506 e. The van der Waals surface area contributed by atoms with Crippen molar-refractivity contribution >= 4 is 16.6 Å². The van der Waals surface area contributed by atoms with Crippen LogP contribution in [0.4, 0.5) is 0 Å². The third-order valence-corrected chi connectivity index (χ3v) is 2.99. The third-order valence-electron chi connectivity index (χ3n) is 2.99. The SMILES string of the molecule is C/C(=N\N(C)C)c1c(O)c2ccccc2n(C)c1=O. The van der Waals surface area contributed by atoms with Crippen molar-refractivity contribution in [3.63, 3.8) is 0 Å². The van der Waals surface area contributed by atoms with E-state index in [1.807, 2.05) is 12.1 Å². The van der Waals surface area contributed by atoms with Crippen LogP contribution in [0.1, 0.15) is 12.5 Å². The molecule has 0 bridgehead atoms. The van der Waals surface area contributed by atoms with Crippen LogP contribution in [0.15, 0.2) is 34.2 Å². The molecule has 0 aliphatic carbocycles. The zero-order chi connectivity index (χ0) is 14.2. The maximum atomic E-state index is 12.3. The van der Waals surface area contributed by atoms with E-state index in [-0.39, 0.29) is 16.9 Å². The summed E-state index contributed by atoms with van der Waals surface area (Å²) in [4.78, 5) is 12.3. The lowest BCUT2D eigenvalue weighted by Crippen LogP contribution is -2.25. The first-order valence-electron chi connectivity index (χ1n) is 5.97. The molecule has 0 fully saturated rings. The molecule has 0 radical (unpaired) electrons. The molecule has 2 rings (SSSR count). The van der Waals surface area contributed by atoms with Crippen LogP contribution in [-0.2, 0) is 7.05 Å². The molecular weight excluding hydrogens is 242 g/mol. The van der Waals surface area contributed by atoms with E-state index < -0.39 is 0 Å². The molecule has 0 unspecified atom stereocenters. The summed E-state index contributed by atoms with van der Waals surface area (Å²) in [6.07, 6.45) is 0. The minimum atomic E-state index is -0.251. The summed E-state index contributed by atoms with van der Waals surface area (Å²) in [5.74, 6) is -0.0122. The average Bonchev–Trinajstić information content (AvgIpc) is 2.35. The Morgan fingerprint density at radius 3 is 2.58 bits per heavy atom. The molecular formula is C14H17N3O2. The van der Waals surface area contributed by atoms with Crippen LogP contribution in [-0.4, -0.2) is 34.5 Å². The topological polar surface area (TPSA) is 57.8 Å². The summed E-state index contributed by atoms with van der Waals surface area (Å²) in [6, 6.07) is 7.26. The summed E-state index contributed by atoms with van der Waals surface area (Å²) in [7, 11) is 5.23. The van der Waals surface area contributed by atoms with Crippen LogP contribution in [0.3, 0.4) is 0 Å². The molecule has 1 aromatic carbocycles. The summed E-state index contributed by atoms with van der Waals surface area (Å²) in [6.45, 7) is 1.71. The Balaban J connectivity index is 2.87. The number of fused-ring (bicyclic) bond motifs is 1. The van der Waals surface area contributed by atoms with Crippen molar-refractivity contribution in [3.8, 4) is 5.75 Å². The van der Waals surface area contributed by atoms with E-state index in [4.69, 9.17) is 0 Å². The van der Waals surface area contributed by atoms with Crippen molar-refractivity contribution in [2.75, 3.05) is 14.1 Å². The van der Waals surface area contributed by atoms with Crippen molar-refractivity contribution in [3.05, 3.63) is 40.2 Å². The maximum absolute atomic E-state index is 12.3. The highest BCUT2D eigenvalue weighted by Gasteiger charge is 2.16. The van der Waals surface area contributed by atoms with Gasteiger partial charge in [-0.25, -0.2) is 0 Å². The van der Waals surface area contributed by atoms with Crippen LogP contribution in [0, 0.1) is 0 Å². The molecule has 1 N–H and O–H groups in total. The normalized spacial score (nSPS) is 11.9. The van der Waals surface area contributed by atoms with Gasteiger partial charge in [-0.3, -0.25) is 4.79 Å². The highest BCUT2D eigenvalue weighted by atomic mass is 16.3. The number of aryl methyl sites for hydroxylation is 1. The monoisotopic (exact) mass is 259 g/mol. The molecule has 0 saturated carbocycles. The zero-order valence-corrected chi connectivity index (χ0v) is 11.5. The number of aromatic hydroxyl groups is 1. The van der Waals surface area contributed by atoms with Crippen LogP contribution in [0.2, 0.25) is 0 Å². The molecule has 0 saturated heterocycles. The molecule has 5 nitrogen and oxygen atoms in total. The fourth-order valence-corrected chi connectivity index (χ4v) is 2.16. The number of hydrogen-bond acceptors (Lipinski definition) is 4. The molecule has 5 heteroatoms. The summed E-state index contributed by atoms with van der Waals surface area (Å²) >= 11 is 0. The van der Waals surface area contributed by atoms with Gasteiger partial charge in [-0.1, -0.05) is 12.1 Å². The lowest BCUT2D eigenvalue weighted by molar-refractivity contribution is 0.436. The Morgan fingerprint density at radius 2 is 1.95 bits per heavy atom. The van der Waals surface area contributed by atoms with E-state index in [0.717, 1.165) is 0 Å². The first-order chi connectivity index (χ1) is 8.93. The Hall–Kier alpha value is -2.30. The second kappa shape index (κ2) is 4.76. The van der Waals surface area contributed by atoms with Crippen molar-refractivity contribution in [2.45, 2.75) is 6.92 Å². The standard InChI is InChI=1S/C14H17N3O2/c1-9(15-16(2)3)12-13(18)10-7-5-6-8-11(10)17(4)14(12)19/h5-8,18H,1-4H3/b15-9+. The summed E-state index contributed by atoms with van der Waals surface area (Å²) in [5, 5.41) is 16.8. The van der Waals surface area contributed by atoms with Gasteiger partial charge in [0.1, 0.15) is 11.3 Å². The molecule has 100 valence electrons. The molecule has 1 aromatic heterocycles. The third kappa shape index (κ3) is 2.19. The van der Waals surface area contributed by atoms with Gasteiger partial charge >= 0.3 is 0 Å². The fourth-order valence-electron chi connectivity index (χ4n) is 2.16. The Labute approximate surface area is 111 Å². The van der Waals surface area contributed by atoms with Gasteiger partial charge < -0.3 is 14.7 Å². The predicted octanol–water partition coefficient (Wildman–Crippen LogP) is 1.53.